The summed E-state index contributed by atoms with van der Waals surface area (Å²) in [6, 6.07) is 16.2. The Morgan fingerprint density at radius 3 is 2.23 bits per heavy atom. The van der Waals surface area contributed by atoms with Gasteiger partial charge in [0.1, 0.15) is 6.04 Å². The number of amides is 2. The van der Waals surface area contributed by atoms with Crippen LogP contribution in [0, 0.1) is 6.92 Å². The third kappa shape index (κ3) is 7.54. The van der Waals surface area contributed by atoms with Gasteiger partial charge in [-0.25, -0.2) is 0 Å². The molecule has 0 heterocycles. The van der Waals surface area contributed by atoms with Crippen LogP contribution in [0.25, 0.3) is 0 Å². The zero-order valence-corrected chi connectivity index (χ0v) is 19.9. The fourth-order valence-electron chi connectivity index (χ4n) is 3.52. The van der Waals surface area contributed by atoms with E-state index in [4.69, 9.17) is 0 Å². The first kappa shape index (κ1) is 24.6. The number of aryl methyl sites for hydroxylation is 2. The van der Waals surface area contributed by atoms with Gasteiger partial charge in [-0.3, -0.25) is 9.59 Å². The third-order valence-electron chi connectivity index (χ3n) is 5.88. The van der Waals surface area contributed by atoms with E-state index < -0.39 is 6.04 Å². The molecular weight excluding hydrogens is 384 g/mol. The number of hydrogen-bond acceptors (Lipinski definition) is 2. The van der Waals surface area contributed by atoms with Crippen molar-refractivity contribution >= 4 is 11.8 Å². The van der Waals surface area contributed by atoms with E-state index in [1.807, 2.05) is 45.9 Å². The second-order valence-electron chi connectivity index (χ2n) is 8.90. The zero-order valence-electron chi connectivity index (χ0n) is 19.9. The fraction of sp³-hybridized carbons (Fsp3) is 0.481. The molecule has 31 heavy (non-hydrogen) atoms. The van der Waals surface area contributed by atoms with Gasteiger partial charge in [-0.05, 0) is 56.2 Å². The minimum absolute atomic E-state index is 0.00115. The lowest BCUT2D eigenvalue weighted by atomic mass is 10.00. The maximum atomic E-state index is 13.2. The lowest BCUT2D eigenvalue weighted by Gasteiger charge is -2.30. The quantitative estimate of drug-likeness (QED) is 0.559. The van der Waals surface area contributed by atoms with Gasteiger partial charge in [-0.1, -0.05) is 74.9 Å². The number of nitrogens with one attached hydrogen (secondary N) is 1. The van der Waals surface area contributed by atoms with Crippen molar-refractivity contribution in [3.63, 3.8) is 0 Å². The molecule has 0 spiro atoms. The Labute approximate surface area is 188 Å². The number of rotatable bonds is 10. The van der Waals surface area contributed by atoms with Crippen LogP contribution >= 0.6 is 0 Å². The Hall–Kier alpha value is -2.62. The number of carbonyl (C=O) groups excluding carboxylic acids is 2. The summed E-state index contributed by atoms with van der Waals surface area (Å²) < 4.78 is 0. The summed E-state index contributed by atoms with van der Waals surface area (Å²) in [4.78, 5) is 27.7. The summed E-state index contributed by atoms with van der Waals surface area (Å²) in [5.41, 5.74) is 4.63. The van der Waals surface area contributed by atoms with Crippen LogP contribution in [-0.4, -0.2) is 28.8 Å². The Kier molecular flexibility index (Phi) is 9.29. The van der Waals surface area contributed by atoms with E-state index in [0.29, 0.717) is 25.3 Å². The standard InChI is InChI=1S/C27H38N2O2/c1-7-21(5)28-27(31)22(6)29(18-24-10-8-9-20(4)17-24)26(30)16-13-23-11-14-25(15-12-23)19(2)3/h8-12,14-15,17,19,21-22H,7,13,16,18H2,1-6H3,(H,28,31)/t21-,22+/m1/s1. The van der Waals surface area contributed by atoms with Gasteiger partial charge in [0.15, 0.2) is 0 Å². The zero-order chi connectivity index (χ0) is 23.0. The molecule has 2 rings (SSSR count). The van der Waals surface area contributed by atoms with E-state index >= 15 is 0 Å². The minimum Gasteiger partial charge on any atom is -0.352 e. The normalized spacial score (nSPS) is 13.0. The topological polar surface area (TPSA) is 49.4 Å². The first-order valence-electron chi connectivity index (χ1n) is 11.5. The Morgan fingerprint density at radius 2 is 1.65 bits per heavy atom. The summed E-state index contributed by atoms with van der Waals surface area (Å²) in [5.74, 6) is 0.392. The molecule has 0 unspecified atom stereocenters. The van der Waals surface area contributed by atoms with Crippen molar-refractivity contribution in [1.29, 1.82) is 0 Å². The highest BCUT2D eigenvalue weighted by atomic mass is 16.2. The van der Waals surface area contributed by atoms with Gasteiger partial charge < -0.3 is 10.2 Å². The number of carbonyl (C=O) groups is 2. The highest BCUT2D eigenvalue weighted by Crippen LogP contribution is 2.17. The predicted octanol–water partition coefficient (Wildman–Crippen LogP) is 5.38. The van der Waals surface area contributed by atoms with E-state index in [0.717, 1.165) is 23.1 Å². The second kappa shape index (κ2) is 11.7. The molecule has 0 radical (unpaired) electrons. The smallest absolute Gasteiger partial charge is 0.242 e. The van der Waals surface area contributed by atoms with Crippen LogP contribution in [0.3, 0.4) is 0 Å². The monoisotopic (exact) mass is 422 g/mol. The van der Waals surface area contributed by atoms with Gasteiger partial charge >= 0.3 is 0 Å². The van der Waals surface area contributed by atoms with Crippen LogP contribution in [-0.2, 0) is 22.6 Å². The lowest BCUT2D eigenvalue weighted by molar-refractivity contribution is -0.140. The maximum Gasteiger partial charge on any atom is 0.242 e. The van der Waals surface area contributed by atoms with Gasteiger partial charge in [-0.2, -0.15) is 0 Å². The summed E-state index contributed by atoms with van der Waals surface area (Å²) >= 11 is 0. The van der Waals surface area contributed by atoms with E-state index in [9.17, 15) is 9.59 Å². The summed E-state index contributed by atoms with van der Waals surface area (Å²) in [5, 5.41) is 3.02. The van der Waals surface area contributed by atoms with Crippen LogP contribution in [0.1, 0.15) is 75.6 Å². The van der Waals surface area contributed by atoms with Crippen molar-refractivity contribution in [1.82, 2.24) is 10.2 Å². The van der Waals surface area contributed by atoms with Crippen molar-refractivity contribution in [2.24, 2.45) is 0 Å². The highest BCUT2D eigenvalue weighted by molar-refractivity contribution is 5.87. The van der Waals surface area contributed by atoms with Crippen LogP contribution in [0.5, 0.6) is 0 Å². The fourth-order valence-corrected chi connectivity index (χ4v) is 3.52. The highest BCUT2D eigenvalue weighted by Gasteiger charge is 2.26. The molecule has 2 atom stereocenters. The summed E-state index contributed by atoms with van der Waals surface area (Å²) in [7, 11) is 0. The first-order chi connectivity index (χ1) is 14.7. The molecule has 0 aliphatic heterocycles. The van der Waals surface area contributed by atoms with E-state index in [-0.39, 0.29) is 17.9 Å². The van der Waals surface area contributed by atoms with Gasteiger partial charge in [0.05, 0.1) is 0 Å². The molecule has 0 bridgehead atoms. The second-order valence-corrected chi connectivity index (χ2v) is 8.90. The van der Waals surface area contributed by atoms with E-state index in [1.54, 1.807) is 4.90 Å². The molecule has 168 valence electrons. The van der Waals surface area contributed by atoms with Gasteiger partial charge in [0, 0.05) is 19.0 Å². The van der Waals surface area contributed by atoms with Crippen molar-refractivity contribution in [2.45, 2.75) is 85.4 Å². The number of nitrogens with zero attached hydrogens (tertiary/aromatic N) is 1. The maximum absolute atomic E-state index is 13.2. The molecule has 2 amide bonds. The van der Waals surface area contributed by atoms with Gasteiger partial charge in [-0.15, -0.1) is 0 Å². The Bertz CT molecular complexity index is 858. The molecule has 2 aromatic carbocycles. The summed E-state index contributed by atoms with van der Waals surface area (Å²) in [6.07, 6.45) is 1.91. The molecular formula is C27H38N2O2. The van der Waals surface area contributed by atoms with Crippen molar-refractivity contribution < 1.29 is 9.59 Å². The predicted molar refractivity (Wildman–Crippen MR) is 128 cm³/mol. The molecule has 1 N–H and O–H groups in total. The molecule has 0 saturated heterocycles. The van der Waals surface area contributed by atoms with Crippen LogP contribution in [0.4, 0.5) is 0 Å². The van der Waals surface area contributed by atoms with Crippen LogP contribution in [0.15, 0.2) is 48.5 Å². The Balaban J connectivity index is 2.13. The lowest BCUT2D eigenvalue weighted by Crippen LogP contribution is -2.49. The molecule has 2 aromatic rings. The Morgan fingerprint density at radius 1 is 0.968 bits per heavy atom. The van der Waals surface area contributed by atoms with Gasteiger partial charge in [0.2, 0.25) is 11.8 Å². The van der Waals surface area contributed by atoms with Crippen molar-refractivity contribution in [2.75, 3.05) is 0 Å². The SMILES string of the molecule is CC[C@@H](C)NC(=O)[C@H](C)N(Cc1cccc(C)c1)C(=O)CCc1ccc(C(C)C)cc1. The molecule has 0 aliphatic rings. The molecule has 0 aliphatic carbocycles. The number of benzene rings is 2. The number of hydrogen-bond donors (Lipinski definition) is 1. The minimum atomic E-state index is -0.523. The van der Waals surface area contributed by atoms with Crippen molar-refractivity contribution in [3.05, 3.63) is 70.8 Å². The molecule has 0 saturated carbocycles. The molecule has 4 heteroatoms. The third-order valence-corrected chi connectivity index (χ3v) is 5.88. The van der Waals surface area contributed by atoms with Gasteiger partial charge in [0.25, 0.3) is 0 Å². The van der Waals surface area contributed by atoms with E-state index in [2.05, 4.69) is 49.5 Å². The molecule has 0 fully saturated rings. The average Bonchev–Trinajstić information content (AvgIpc) is 2.75. The first-order valence-corrected chi connectivity index (χ1v) is 11.5. The van der Waals surface area contributed by atoms with Crippen molar-refractivity contribution in [3.8, 4) is 0 Å². The van der Waals surface area contributed by atoms with Crippen LogP contribution < -0.4 is 5.32 Å². The summed E-state index contributed by atoms with van der Waals surface area (Å²) in [6.45, 7) is 12.7. The van der Waals surface area contributed by atoms with E-state index in [1.165, 1.54) is 5.56 Å². The molecule has 4 nitrogen and oxygen atoms in total. The van der Waals surface area contributed by atoms with Crippen LogP contribution in [0.2, 0.25) is 0 Å². The average molecular weight is 423 g/mol. The largest absolute Gasteiger partial charge is 0.352 e. The molecule has 0 aromatic heterocycles.